The van der Waals surface area contributed by atoms with Crippen molar-refractivity contribution in [2.75, 3.05) is 19.7 Å². The third-order valence-electron chi connectivity index (χ3n) is 3.16. The molecule has 0 radical (unpaired) electrons. The van der Waals surface area contributed by atoms with Crippen molar-refractivity contribution < 1.29 is 24.5 Å². The van der Waals surface area contributed by atoms with Gasteiger partial charge in [-0.05, 0) is 25.0 Å². The summed E-state index contributed by atoms with van der Waals surface area (Å²) < 4.78 is 5.20. The van der Waals surface area contributed by atoms with E-state index in [1.807, 2.05) is 0 Å². The first-order valence-corrected chi connectivity index (χ1v) is 6.34. The Morgan fingerprint density at radius 1 is 1.40 bits per heavy atom. The van der Waals surface area contributed by atoms with Crippen LogP contribution in [0.25, 0.3) is 0 Å². The zero-order chi connectivity index (χ0) is 14.5. The van der Waals surface area contributed by atoms with Gasteiger partial charge < -0.3 is 19.8 Å². The number of pyridine rings is 1. The summed E-state index contributed by atoms with van der Waals surface area (Å²) in [5.41, 5.74) is 0.0393. The molecule has 1 aromatic heterocycles. The molecule has 0 unspecified atom stereocenters. The van der Waals surface area contributed by atoms with E-state index in [4.69, 9.17) is 9.84 Å². The number of carbonyl (C=O) groups is 2. The maximum atomic E-state index is 12.2. The average Bonchev–Trinajstić information content (AvgIpc) is 2.45. The van der Waals surface area contributed by atoms with E-state index < -0.39 is 5.97 Å². The van der Waals surface area contributed by atoms with E-state index in [1.165, 1.54) is 12.3 Å². The Morgan fingerprint density at radius 2 is 2.10 bits per heavy atom. The van der Waals surface area contributed by atoms with Gasteiger partial charge in [-0.1, -0.05) is 0 Å². The normalized spacial score (nSPS) is 16.1. The first-order chi connectivity index (χ1) is 9.58. The molecule has 7 nitrogen and oxygen atoms in total. The maximum absolute atomic E-state index is 12.2. The number of carboxylic acids is 1. The summed E-state index contributed by atoms with van der Waals surface area (Å²) in [6.07, 6.45) is 2.46. The standard InChI is InChI=1S/C13H16N2O5/c16-10-2-1-5-14-12(10)13(19)15-6-3-9(4-7-15)20-8-11(17)18/h1-2,5,9,16H,3-4,6-8H2,(H,17,18). The van der Waals surface area contributed by atoms with Crippen molar-refractivity contribution in [1.29, 1.82) is 0 Å². The van der Waals surface area contributed by atoms with Gasteiger partial charge in [-0.25, -0.2) is 9.78 Å². The van der Waals surface area contributed by atoms with Crippen LogP contribution < -0.4 is 0 Å². The predicted molar refractivity (Wildman–Crippen MR) is 68.4 cm³/mol. The highest BCUT2D eigenvalue weighted by molar-refractivity contribution is 5.94. The van der Waals surface area contributed by atoms with Gasteiger partial charge in [0.2, 0.25) is 0 Å². The fraction of sp³-hybridized carbons (Fsp3) is 0.462. The first kappa shape index (κ1) is 14.3. The van der Waals surface area contributed by atoms with Crippen LogP contribution in [-0.4, -0.2) is 57.8 Å². The van der Waals surface area contributed by atoms with E-state index in [9.17, 15) is 14.7 Å². The van der Waals surface area contributed by atoms with Crippen molar-refractivity contribution in [3.8, 4) is 5.75 Å². The average molecular weight is 280 g/mol. The number of carboxylic acid groups (broad SMARTS) is 1. The zero-order valence-electron chi connectivity index (χ0n) is 10.9. The molecule has 1 aromatic rings. The number of nitrogens with zero attached hydrogens (tertiary/aromatic N) is 2. The van der Waals surface area contributed by atoms with Crippen molar-refractivity contribution in [2.24, 2.45) is 0 Å². The van der Waals surface area contributed by atoms with Crippen LogP contribution in [-0.2, 0) is 9.53 Å². The quantitative estimate of drug-likeness (QED) is 0.832. The Labute approximate surface area is 115 Å². The fourth-order valence-electron chi connectivity index (χ4n) is 2.13. The van der Waals surface area contributed by atoms with Crippen LogP contribution >= 0.6 is 0 Å². The second-order valence-corrected chi connectivity index (χ2v) is 4.57. The lowest BCUT2D eigenvalue weighted by atomic mass is 10.1. The molecule has 1 aliphatic rings. The van der Waals surface area contributed by atoms with Crippen molar-refractivity contribution >= 4 is 11.9 Å². The summed E-state index contributed by atoms with van der Waals surface area (Å²) in [5, 5.41) is 18.1. The highest BCUT2D eigenvalue weighted by Crippen LogP contribution is 2.19. The molecule has 0 aromatic carbocycles. The number of rotatable bonds is 4. The van der Waals surface area contributed by atoms with Crippen molar-refractivity contribution in [2.45, 2.75) is 18.9 Å². The maximum Gasteiger partial charge on any atom is 0.329 e. The number of aromatic nitrogens is 1. The second kappa shape index (κ2) is 6.33. The van der Waals surface area contributed by atoms with Crippen molar-refractivity contribution in [3.05, 3.63) is 24.0 Å². The molecule has 0 bridgehead atoms. The molecule has 2 heterocycles. The summed E-state index contributed by atoms with van der Waals surface area (Å²) in [6.45, 7) is 0.595. The number of amides is 1. The molecular weight excluding hydrogens is 264 g/mol. The SMILES string of the molecule is O=C(O)COC1CCN(C(=O)c2ncccc2O)CC1. The molecule has 0 spiro atoms. The number of carbonyl (C=O) groups excluding carboxylic acids is 1. The predicted octanol–water partition coefficient (Wildman–Crippen LogP) is 0.493. The van der Waals surface area contributed by atoms with E-state index in [-0.39, 0.29) is 30.1 Å². The lowest BCUT2D eigenvalue weighted by Crippen LogP contribution is -2.41. The Morgan fingerprint density at radius 3 is 2.70 bits per heavy atom. The summed E-state index contributed by atoms with van der Waals surface area (Å²) >= 11 is 0. The Balaban J connectivity index is 1.89. The lowest BCUT2D eigenvalue weighted by molar-refractivity contribution is -0.145. The Hall–Kier alpha value is -2.15. The van der Waals surface area contributed by atoms with E-state index in [1.54, 1.807) is 11.0 Å². The largest absolute Gasteiger partial charge is 0.505 e. The van der Waals surface area contributed by atoms with Crippen LogP contribution in [0.3, 0.4) is 0 Å². The number of likely N-dealkylation sites (tertiary alicyclic amines) is 1. The third kappa shape index (κ3) is 3.45. The van der Waals surface area contributed by atoms with Crippen LogP contribution in [0.15, 0.2) is 18.3 Å². The van der Waals surface area contributed by atoms with Gasteiger partial charge in [0.15, 0.2) is 5.69 Å². The molecule has 0 aliphatic carbocycles. The van der Waals surface area contributed by atoms with Crippen LogP contribution in [0, 0.1) is 0 Å². The molecule has 2 N–H and O–H groups in total. The van der Waals surface area contributed by atoms with Gasteiger partial charge in [0.05, 0.1) is 6.10 Å². The topological polar surface area (TPSA) is 100.0 Å². The van der Waals surface area contributed by atoms with Gasteiger partial charge in [-0.2, -0.15) is 0 Å². The van der Waals surface area contributed by atoms with E-state index in [0.29, 0.717) is 25.9 Å². The van der Waals surface area contributed by atoms with E-state index >= 15 is 0 Å². The molecule has 2 rings (SSSR count). The molecule has 0 atom stereocenters. The number of aromatic hydroxyl groups is 1. The summed E-state index contributed by atoms with van der Waals surface area (Å²) in [7, 11) is 0. The number of hydrogen-bond acceptors (Lipinski definition) is 5. The van der Waals surface area contributed by atoms with Gasteiger partial charge in [-0.3, -0.25) is 4.79 Å². The molecule has 7 heteroatoms. The van der Waals surface area contributed by atoms with Gasteiger partial charge in [0.25, 0.3) is 5.91 Å². The highest BCUT2D eigenvalue weighted by atomic mass is 16.5. The molecule has 1 saturated heterocycles. The fourth-order valence-corrected chi connectivity index (χ4v) is 2.13. The minimum Gasteiger partial charge on any atom is -0.505 e. The van der Waals surface area contributed by atoms with Gasteiger partial charge >= 0.3 is 5.97 Å². The van der Waals surface area contributed by atoms with Crippen LogP contribution in [0.2, 0.25) is 0 Å². The molecule has 20 heavy (non-hydrogen) atoms. The highest BCUT2D eigenvalue weighted by Gasteiger charge is 2.26. The number of hydrogen-bond donors (Lipinski definition) is 2. The molecule has 0 saturated carbocycles. The molecule has 1 amide bonds. The number of piperidine rings is 1. The minimum atomic E-state index is -0.998. The first-order valence-electron chi connectivity index (χ1n) is 6.34. The molecule has 1 fully saturated rings. The Kier molecular flexibility index (Phi) is 4.52. The van der Waals surface area contributed by atoms with Crippen LogP contribution in [0.4, 0.5) is 0 Å². The monoisotopic (exact) mass is 280 g/mol. The van der Waals surface area contributed by atoms with E-state index in [2.05, 4.69) is 4.98 Å². The lowest BCUT2D eigenvalue weighted by Gasteiger charge is -2.31. The van der Waals surface area contributed by atoms with Gasteiger partial charge in [0, 0.05) is 19.3 Å². The molecule has 1 aliphatic heterocycles. The number of aliphatic carboxylic acids is 1. The van der Waals surface area contributed by atoms with Crippen LogP contribution in [0.1, 0.15) is 23.3 Å². The molecule has 108 valence electrons. The summed E-state index contributed by atoms with van der Waals surface area (Å²) in [6, 6.07) is 2.97. The van der Waals surface area contributed by atoms with Gasteiger partial charge in [-0.15, -0.1) is 0 Å². The molecular formula is C13H16N2O5. The minimum absolute atomic E-state index is 0.0393. The van der Waals surface area contributed by atoms with Crippen molar-refractivity contribution in [3.63, 3.8) is 0 Å². The second-order valence-electron chi connectivity index (χ2n) is 4.57. The Bertz CT molecular complexity index is 497. The van der Waals surface area contributed by atoms with Gasteiger partial charge in [0.1, 0.15) is 12.4 Å². The summed E-state index contributed by atoms with van der Waals surface area (Å²) in [4.78, 5) is 28.0. The zero-order valence-corrected chi connectivity index (χ0v) is 10.9. The third-order valence-corrected chi connectivity index (χ3v) is 3.16. The van der Waals surface area contributed by atoms with E-state index in [0.717, 1.165) is 0 Å². The number of ether oxygens (including phenoxy) is 1. The van der Waals surface area contributed by atoms with Crippen LogP contribution in [0.5, 0.6) is 5.75 Å². The smallest absolute Gasteiger partial charge is 0.329 e. The summed E-state index contributed by atoms with van der Waals surface area (Å²) in [5.74, 6) is -1.46. The van der Waals surface area contributed by atoms with Crippen molar-refractivity contribution in [1.82, 2.24) is 9.88 Å².